The maximum absolute atomic E-state index is 14.1. The minimum Gasteiger partial charge on any atom is -0.386 e. The van der Waals surface area contributed by atoms with Gasteiger partial charge >= 0.3 is 0 Å². The number of nitrogens with zero attached hydrogens (tertiary/aromatic N) is 2. The summed E-state index contributed by atoms with van der Waals surface area (Å²) in [5, 5.41) is 4.50. The molecular formula is C24H27F2N3O. The van der Waals surface area contributed by atoms with Gasteiger partial charge in [-0.15, -0.1) is 0 Å². The van der Waals surface area contributed by atoms with Gasteiger partial charge in [0.2, 0.25) is 0 Å². The van der Waals surface area contributed by atoms with Gasteiger partial charge < -0.3 is 15.5 Å². The Morgan fingerprint density at radius 1 is 1.10 bits per heavy atom. The van der Waals surface area contributed by atoms with Crippen molar-refractivity contribution in [1.29, 1.82) is 0 Å². The average molecular weight is 411 g/mol. The molecule has 2 aromatic carbocycles. The Kier molecular flexibility index (Phi) is 4.97. The van der Waals surface area contributed by atoms with Gasteiger partial charge in [0.25, 0.3) is 0 Å². The normalized spacial score (nSPS) is 26.4. The van der Waals surface area contributed by atoms with Gasteiger partial charge in [0.15, 0.2) is 5.60 Å². The second-order valence-corrected chi connectivity index (χ2v) is 8.77. The first-order valence-electron chi connectivity index (χ1n) is 10.9. The van der Waals surface area contributed by atoms with Gasteiger partial charge in [-0.05, 0) is 48.1 Å². The largest absolute Gasteiger partial charge is 0.386 e. The number of hydrogen-bond acceptors (Lipinski definition) is 4. The highest BCUT2D eigenvalue weighted by Gasteiger charge is 2.48. The summed E-state index contributed by atoms with van der Waals surface area (Å²) >= 11 is 0. The molecule has 5 rings (SSSR count). The Bertz CT molecular complexity index is 952. The number of fused-ring (bicyclic) bond motifs is 1. The molecule has 6 heteroatoms. The molecule has 0 aromatic heterocycles. The van der Waals surface area contributed by atoms with Crippen LogP contribution < -0.4 is 5.73 Å². The number of hydrogen-bond donors (Lipinski definition) is 1. The molecule has 1 fully saturated rings. The second kappa shape index (κ2) is 7.65. The molecule has 0 spiro atoms. The molecule has 2 N–H and O–H groups in total. The Labute approximate surface area is 175 Å². The molecule has 158 valence electrons. The van der Waals surface area contributed by atoms with Gasteiger partial charge in [0, 0.05) is 25.1 Å². The Morgan fingerprint density at radius 3 is 2.57 bits per heavy atom. The van der Waals surface area contributed by atoms with Crippen molar-refractivity contribution in [2.24, 2.45) is 16.8 Å². The Hall–Kier alpha value is -2.47. The lowest BCUT2D eigenvalue weighted by Gasteiger charge is -2.39. The molecule has 2 atom stereocenters. The molecule has 0 saturated heterocycles. The molecule has 0 radical (unpaired) electrons. The van der Waals surface area contributed by atoms with E-state index in [1.54, 1.807) is 0 Å². The van der Waals surface area contributed by atoms with Crippen molar-refractivity contribution in [3.05, 3.63) is 70.8 Å². The van der Waals surface area contributed by atoms with Crippen LogP contribution in [-0.2, 0) is 11.3 Å². The van der Waals surface area contributed by atoms with Crippen molar-refractivity contribution < 1.29 is 13.6 Å². The van der Waals surface area contributed by atoms with Crippen LogP contribution in [0.1, 0.15) is 54.8 Å². The summed E-state index contributed by atoms with van der Waals surface area (Å²) in [5.74, 6) is 0.0992. The third-order valence-corrected chi connectivity index (χ3v) is 7.05. The van der Waals surface area contributed by atoms with Gasteiger partial charge in [0.05, 0.1) is 12.5 Å². The lowest BCUT2D eigenvalue weighted by atomic mass is 9.82. The zero-order valence-electron chi connectivity index (χ0n) is 17.0. The highest BCUT2D eigenvalue weighted by Crippen LogP contribution is 2.44. The summed E-state index contributed by atoms with van der Waals surface area (Å²) in [6, 6.07) is 11.6. The minimum absolute atomic E-state index is 0.306. The van der Waals surface area contributed by atoms with E-state index in [0.717, 1.165) is 36.7 Å². The topological polar surface area (TPSA) is 50.8 Å². The molecule has 3 aliphatic rings. The number of nitrogens with two attached hydrogens (primary N) is 1. The Balaban J connectivity index is 1.52. The number of halogens is 2. The number of rotatable bonds is 3. The third-order valence-electron chi connectivity index (χ3n) is 7.05. The van der Waals surface area contributed by atoms with Crippen LogP contribution in [0.3, 0.4) is 0 Å². The standard InChI is InChI=1S/C24H27F2N3O/c25-19-11-17(12-20(26)13-19)23-21-8-4-1-5-16(21)9-10-29(23)22-14-24(15-27,30-28-22)18-6-2-3-7-18/h1,4-5,8,11-13,18,23H,2-3,6-7,9-10,14-15,27H2/t23-,24+/m0/s1. The van der Waals surface area contributed by atoms with E-state index in [4.69, 9.17) is 10.6 Å². The van der Waals surface area contributed by atoms with Crippen molar-refractivity contribution in [3.63, 3.8) is 0 Å². The summed E-state index contributed by atoms with van der Waals surface area (Å²) in [4.78, 5) is 8.19. The molecule has 1 saturated carbocycles. The van der Waals surface area contributed by atoms with Gasteiger partial charge in [-0.25, -0.2) is 8.78 Å². The second-order valence-electron chi connectivity index (χ2n) is 8.77. The van der Waals surface area contributed by atoms with Gasteiger partial charge in [-0.1, -0.05) is 42.3 Å². The van der Waals surface area contributed by atoms with Crippen molar-refractivity contribution in [1.82, 2.24) is 4.90 Å². The van der Waals surface area contributed by atoms with E-state index in [-0.39, 0.29) is 6.04 Å². The van der Waals surface area contributed by atoms with Crippen LogP contribution in [0.2, 0.25) is 0 Å². The maximum Gasteiger partial charge on any atom is 0.159 e. The first-order chi connectivity index (χ1) is 14.6. The smallest absolute Gasteiger partial charge is 0.159 e. The quantitative estimate of drug-likeness (QED) is 0.807. The fraction of sp³-hybridized carbons (Fsp3) is 0.458. The monoisotopic (exact) mass is 411 g/mol. The van der Waals surface area contributed by atoms with E-state index >= 15 is 0 Å². The number of oxime groups is 1. The van der Waals surface area contributed by atoms with Crippen LogP contribution >= 0.6 is 0 Å². The molecule has 2 aliphatic heterocycles. The van der Waals surface area contributed by atoms with Crippen LogP contribution in [0.25, 0.3) is 0 Å². The lowest BCUT2D eigenvalue weighted by Crippen LogP contribution is -2.47. The molecule has 1 aliphatic carbocycles. The van der Waals surface area contributed by atoms with Gasteiger partial charge in [-0.3, -0.25) is 0 Å². The fourth-order valence-corrected chi connectivity index (χ4v) is 5.51. The van der Waals surface area contributed by atoms with Crippen LogP contribution in [-0.4, -0.2) is 29.4 Å². The third kappa shape index (κ3) is 3.27. The summed E-state index contributed by atoms with van der Waals surface area (Å²) in [5.41, 5.74) is 8.58. The first-order valence-corrected chi connectivity index (χ1v) is 10.9. The summed E-state index contributed by atoms with van der Waals surface area (Å²) in [7, 11) is 0. The highest BCUT2D eigenvalue weighted by atomic mass is 19.1. The molecular weight excluding hydrogens is 384 g/mol. The predicted octanol–water partition coefficient (Wildman–Crippen LogP) is 4.53. The van der Waals surface area contributed by atoms with E-state index < -0.39 is 17.2 Å². The lowest BCUT2D eigenvalue weighted by molar-refractivity contribution is -0.0548. The van der Waals surface area contributed by atoms with E-state index in [0.29, 0.717) is 31.0 Å². The molecule has 2 heterocycles. The van der Waals surface area contributed by atoms with Crippen molar-refractivity contribution >= 4 is 5.84 Å². The number of benzene rings is 2. The van der Waals surface area contributed by atoms with Crippen LogP contribution in [0.15, 0.2) is 47.6 Å². The van der Waals surface area contributed by atoms with E-state index in [9.17, 15) is 8.78 Å². The van der Waals surface area contributed by atoms with Crippen LogP contribution in [0.5, 0.6) is 0 Å². The zero-order valence-corrected chi connectivity index (χ0v) is 17.0. The maximum atomic E-state index is 14.1. The average Bonchev–Trinajstić information content (AvgIpc) is 3.43. The van der Waals surface area contributed by atoms with Gasteiger partial charge in [0.1, 0.15) is 17.5 Å². The summed E-state index contributed by atoms with van der Waals surface area (Å²) < 4.78 is 28.2. The SMILES string of the molecule is NC[C@@]1(C2CCCC2)CC(N2CCc3ccccc3[C@@H]2c2cc(F)cc(F)c2)=NO1. The molecule has 0 unspecified atom stereocenters. The van der Waals surface area contributed by atoms with Crippen LogP contribution in [0.4, 0.5) is 8.78 Å². The first kappa shape index (κ1) is 19.5. The number of amidine groups is 1. The van der Waals surface area contributed by atoms with Crippen molar-refractivity contribution in [2.75, 3.05) is 13.1 Å². The summed E-state index contributed by atoms with van der Waals surface area (Å²) in [6.07, 6.45) is 6.12. The molecule has 30 heavy (non-hydrogen) atoms. The highest BCUT2D eigenvalue weighted by molar-refractivity contribution is 5.85. The molecule has 0 amide bonds. The van der Waals surface area contributed by atoms with E-state index in [1.807, 2.05) is 18.2 Å². The molecule has 0 bridgehead atoms. The Morgan fingerprint density at radius 2 is 1.83 bits per heavy atom. The van der Waals surface area contributed by atoms with Crippen molar-refractivity contribution in [2.45, 2.75) is 50.2 Å². The van der Waals surface area contributed by atoms with Gasteiger partial charge in [-0.2, -0.15) is 0 Å². The zero-order chi connectivity index (χ0) is 20.7. The fourth-order valence-electron chi connectivity index (χ4n) is 5.51. The molecule has 4 nitrogen and oxygen atoms in total. The van der Waals surface area contributed by atoms with Crippen LogP contribution in [0, 0.1) is 17.6 Å². The summed E-state index contributed by atoms with van der Waals surface area (Å²) in [6.45, 7) is 1.14. The van der Waals surface area contributed by atoms with Crippen molar-refractivity contribution in [3.8, 4) is 0 Å². The van der Waals surface area contributed by atoms with E-state index in [2.05, 4.69) is 16.1 Å². The van der Waals surface area contributed by atoms with E-state index in [1.165, 1.54) is 30.5 Å². The minimum atomic E-state index is -0.570. The molecule has 2 aromatic rings. The predicted molar refractivity (Wildman–Crippen MR) is 112 cm³/mol.